The summed E-state index contributed by atoms with van der Waals surface area (Å²) in [6.07, 6.45) is 0. The Bertz CT molecular complexity index is 314. The zero-order valence-electron chi connectivity index (χ0n) is 7.97. The summed E-state index contributed by atoms with van der Waals surface area (Å²) in [6, 6.07) is 8.29. The topological polar surface area (TPSA) is 52.6 Å². The Hall–Kier alpha value is -0.250. The van der Waals surface area contributed by atoms with Crippen LogP contribution in [0.15, 0.2) is 30.3 Å². The molecule has 1 aromatic rings. The van der Waals surface area contributed by atoms with Crippen LogP contribution in [0.5, 0.6) is 0 Å². The van der Waals surface area contributed by atoms with Crippen LogP contribution in [0.2, 0.25) is 0 Å². The van der Waals surface area contributed by atoms with Crippen molar-refractivity contribution in [1.29, 1.82) is 0 Å². The van der Waals surface area contributed by atoms with Crippen molar-refractivity contribution in [3.63, 3.8) is 0 Å². The van der Waals surface area contributed by atoms with E-state index in [1.165, 1.54) is 7.11 Å². The molecule has 0 aliphatic carbocycles. The molecule has 1 atom stereocenters. The van der Waals surface area contributed by atoms with Gasteiger partial charge in [0.1, 0.15) is 0 Å². The van der Waals surface area contributed by atoms with Gasteiger partial charge in [0.15, 0.2) is 0 Å². The van der Waals surface area contributed by atoms with Crippen molar-refractivity contribution >= 4 is 43.8 Å². The molecule has 1 unspecified atom stereocenters. The molecule has 69 valence electrons. The first-order valence-corrected chi connectivity index (χ1v) is 4.62. The number of rotatable bonds is 3. The predicted molar refractivity (Wildman–Crippen MR) is 52.2 cm³/mol. The van der Waals surface area contributed by atoms with E-state index in [2.05, 4.69) is 9.05 Å². The summed E-state index contributed by atoms with van der Waals surface area (Å²) in [5.74, 6) is -0.649. The molecule has 4 nitrogen and oxygen atoms in total. The standard InChI is InChI=1S/C8H8O4P.Na/c1-11-13(10)12-8(9)7-5-3-2-4-6-7;/h2-6H,1H3;/q+1;. The first kappa shape index (κ1) is 13.8. The van der Waals surface area contributed by atoms with Gasteiger partial charge in [-0.05, 0) is 12.1 Å². The number of hydrogen-bond acceptors (Lipinski definition) is 4. The summed E-state index contributed by atoms with van der Waals surface area (Å²) in [6.45, 7) is 0. The minimum atomic E-state index is -2.34. The van der Waals surface area contributed by atoms with E-state index in [-0.39, 0.29) is 29.6 Å². The van der Waals surface area contributed by atoms with Crippen LogP contribution in [0.1, 0.15) is 10.4 Å². The van der Waals surface area contributed by atoms with Gasteiger partial charge < -0.3 is 0 Å². The quantitative estimate of drug-likeness (QED) is 0.577. The molecular formula is C8H8NaO4P+. The normalized spacial score (nSPS) is 9.93. The van der Waals surface area contributed by atoms with Crippen LogP contribution in [-0.4, -0.2) is 42.6 Å². The van der Waals surface area contributed by atoms with Gasteiger partial charge in [-0.2, -0.15) is 4.52 Å². The molecule has 0 saturated heterocycles. The van der Waals surface area contributed by atoms with Gasteiger partial charge in [-0.25, -0.2) is 4.79 Å². The third kappa shape index (κ3) is 4.31. The van der Waals surface area contributed by atoms with E-state index in [1.807, 2.05) is 0 Å². The fourth-order valence-corrected chi connectivity index (χ4v) is 1.05. The number of carbonyl (C=O) groups excluding carboxylic acids is 1. The molecule has 0 heterocycles. The minimum absolute atomic E-state index is 0. The molecule has 0 aliphatic rings. The second-order valence-corrected chi connectivity index (χ2v) is 3.15. The van der Waals surface area contributed by atoms with Gasteiger partial charge in [-0.1, -0.05) is 18.2 Å². The number of benzene rings is 1. The minimum Gasteiger partial charge on any atom is -0.241 e. The van der Waals surface area contributed by atoms with E-state index in [9.17, 15) is 9.36 Å². The van der Waals surface area contributed by atoms with Crippen LogP contribution in [0.4, 0.5) is 0 Å². The zero-order valence-corrected chi connectivity index (χ0v) is 10.9. The van der Waals surface area contributed by atoms with Crippen molar-refractivity contribution in [3.05, 3.63) is 35.9 Å². The molecule has 0 amide bonds. The summed E-state index contributed by atoms with van der Waals surface area (Å²) in [5.41, 5.74) is 0.350. The van der Waals surface area contributed by atoms with Gasteiger partial charge in [0, 0.05) is 34.1 Å². The molecule has 6 heteroatoms. The van der Waals surface area contributed by atoms with E-state index in [4.69, 9.17) is 0 Å². The van der Waals surface area contributed by atoms with Crippen LogP contribution in [-0.2, 0) is 13.6 Å². The molecule has 1 rings (SSSR count). The van der Waals surface area contributed by atoms with Crippen LogP contribution < -0.4 is 0 Å². The van der Waals surface area contributed by atoms with Gasteiger partial charge >= 0.3 is 14.2 Å². The molecule has 0 bridgehead atoms. The third-order valence-corrected chi connectivity index (χ3v) is 1.93. The Labute approximate surface area is 105 Å². The molecule has 0 fully saturated rings. The summed E-state index contributed by atoms with van der Waals surface area (Å²) in [7, 11) is -1.14. The zero-order chi connectivity index (χ0) is 9.68. The summed E-state index contributed by atoms with van der Waals surface area (Å²) in [5, 5.41) is 0. The van der Waals surface area contributed by atoms with Crippen LogP contribution in [0, 0.1) is 0 Å². The smallest absolute Gasteiger partial charge is 0.241 e. The largest absolute Gasteiger partial charge is 0.753 e. The van der Waals surface area contributed by atoms with Crippen molar-refractivity contribution in [2.75, 3.05) is 7.11 Å². The van der Waals surface area contributed by atoms with Crippen LogP contribution >= 0.6 is 8.25 Å². The van der Waals surface area contributed by atoms with Gasteiger partial charge in [0.05, 0.1) is 12.7 Å². The molecule has 1 aromatic carbocycles. The Kier molecular flexibility index (Phi) is 6.97. The summed E-state index contributed by atoms with van der Waals surface area (Å²) >= 11 is 0. The molecule has 1 radical (unpaired) electrons. The Balaban J connectivity index is 0.00000169. The number of hydrogen-bond donors (Lipinski definition) is 0. The number of carbonyl (C=O) groups is 1. The maximum absolute atomic E-state index is 11.1. The van der Waals surface area contributed by atoms with Crippen molar-refractivity contribution in [2.45, 2.75) is 0 Å². The van der Waals surface area contributed by atoms with Gasteiger partial charge in [-0.3, -0.25) is 0 Å². The summed E-state index contributed by atoms with van der Waals surface area (Å²) in [4.78, 5) is 11.1. The van der Waals surface area contributed by atoms with E-state index in [1.54, 1.807) is 30.3 Å². The Morgan fingerprint density at radius 2 is 1.86 bits per heavy atom. The SMILES string of the molecule is CO[P+](=O)OC(=O)c1ccccc1.[Na]. The Morgan fingerprint density at radius 1 is 1.29 bits per heavy atom. The molecular weight excluding hydrogens is 214 g/mol. The van der Waals surface area contributed by atoms with E-state index >= 15 is 0 Å². The van der Waals surface area contributed by atoms with Crippen LogP contribution in [0.25, 0.3) is 0 Å². The van der Waals surface area contributed by atoms with Crippen molar-refractivity contribution in [2.24, 2.45) is 0 Å². The van der Waals surface area contributed by atoms with Gasteiger partial charge in [0.2, 0.25) is 0 Å². The average molecular weight is 222 g/mol. The fourth-order valence-electron chi connectivity index (χ4n) is 0.732. The molecule has 0 aliphatic heterocycles. The third-order valence-electron chi connectivity index (χ3n) is 1.32. The maximum atomic E-state index is 11.1. The van der Waals surface area contributed by atoms with Crippen molar-refractivity contribution in [1.82, 2.24) is 0 Å². The fraction of sp³-hybridized carbons (Fsp3) is 0.125. The molecule has 14 heavy (non-hydrogen) atoms. The van der Waals surface area contributed by atoms with E-state index < -0.39 is 14.2 Å². The molecule has 0 N–H and O–H groups in total. The second-order valence-electron chi connectivity index (χ2n) is 2.15. The molecule has 0 saturated carbocycles. The van der Waals surface area contributed by atoms with Crippen molar-refractivity contribution < 1.29 is 18.4 Å². The predicted octanol–water partition coefficient (Wildman–Crippen LogP) is 1.77. The van der Waals surface area contributed by atoms with E-state index in [0.29, 0.717) is 5.56 Å². The second kappa shape index (κ2) is 7.10. The Morgan fingerprint density at radius 3 is 2.36 bits per heavy atom. The maximum Gasteiger partial charge on any atom is 0.753 e. The monoisotopic (exact) mass is 222 g/mol. The van der Waals surface area contributed by atoms with Gasteiger partial charge in [-0.15, -0.1) is 4.52 Å². The molecule has 0 aromatic heterocycles. The summed E-state index contributed by atoms with van der Waals surface area (Å²) < 4.78 is 19.4. The first-order valence-electron chi connectivity index (χ1n) is 3.52. The van der Waals surface area contributed by atoms with Crippen molar-refractivity contribution in [3.8, 4) is 0 Å². The van der Waals surface area contributed by atoms with E-state index in [0.717, 1.165) is 0 Å². The first-order chi connectivity index (χ1) is 6.24. The average Bonchev–Trinajstić information content (AvgIpc) is 2.19. The van der Waals surface area contributed by atoms with Gasteiger partial charge in [0.25, 0.3) is 0 Å². The van der Waals surface area contributed by atoms with Crippen LogP contribution in [0.3, 0.4) is 0 Å². The molecule has 0 spiro atoms.